The minimum atomic E-state index is -0.489. The second kappa shape index (κ2) is 4.96. The number of hydrogen-bond acceptors (Lipinski definition) is 4. The van der Waals surface area contributed by atoms with Crippen molar-refractivity contribution in [2.75, 3.05) is 13.3 Å². The van der Waals surface area contributed by atoms with E-state index in [1.54, 1.807) is 6.92 Å². The molecule has 0 saturated carbocycles. The average Bonchev–Trinajstić information content (AvgIpc) is 1.89. The van der Waals surface area contributed by atoms with Gasteiger partial charge in [-0.05, 0) is 13.0 Å². The van der Waals surface area contributed by atoms with E-state index in [0.29, 0.717) is 5.57 Å². The summed E-state index contributed by atoms with van der Waals surface area (Å²) < 4.78 is 4.42. The molecule has 0 heterocycles. The van der Waals surface area contributed by atoms with Crippen molar-refractivity contribution < 1.29 is 14.6 Å². The Hall–Kier alpha value is -0.870. The number of hydrogen-bond donors (Lipinski definition) is 2. The summed E-state index contributed by atoms with van der Waals surface area (Å²) in [5.41, 5.74) is 5.30. The van der Waals surface area contributed by atoms with Crippen LogP contribution in [0.3, 0.4) is 0 Å². The molecule has 58 valence electrons. The monoisotopic (exact) mass is 145 g/mol. The number of nitrogens with two attached hydrogens (primary N) is 1. The molecule has 0 rings (SSSR count). The number of carbonyl (C=O) groups is 1. The van der Waals surface area contributed by atoms with Crippen LogP contribution < -0.4 is 5.73 Å². The summed E-state index contributed by atoms with van der Waals surface area (Å²) in [4.78, 5) is 10.7. The Kier molecular flexibility index (Phi) is 4.53. The first-order valence-corrected chi connectivity index (χ1v) is 2.87. The number of rotatable bonds is 3. The van der Waals surface area contributed by atoms with Gasteiger partial charge in [-0.15, -0.1) is 0 Å². The SMILES string of the molecule is C/C(=C\CO)C(=O)OCN. The van der Waals surface area contributed by atoms with E-state index in [9.17, 15) is 4.79 Å². The van der Waals surface area contributed by atoms with Crippen molar-refractivity contribution >= 4 is 5.97 Å². The van der Waals surface area contributed by atoms with E-state index < -0.39 is 5.97 Å². The fourth-order valence-electron chi connectivity index (χ4n) is 0.410. The lowest BCUT2D eigenvalue weighted by molar-refractivity contribution is -0.138. The molecule has 0 aliphatic rings. The Labute approximate surface area is 59.3 Å². The lowest BCUT2D eigenvalue weighted by Crippen LogP contribution is -2.12. The molecule has 4 nitrogen and oxygen atoms in total. The first-order valence-electron chi connectivity index (χ1n) is 2.87. The maximum Gasteiger partial charge on any atom is 0.334 e. The Balaban J connectivity index is 3.82. The predicted octanol–water partition coefficient (Wildman–Crippen LogP) is -0.616. The maximum atomic E-state index is 10.7. The van der Waals surface area contributed by atoms with E-state index in [0.717, 1.165) is 0 Å². The molecule has 10 heavy (non-hydrogen) atoms. The molecule has 0 bridgehead atoms. The van der Waals surface area contributed by atoms with Gasteiger partial charge in [0.05, 0.1) is 6.61 Å². The summed E-state index contributed by atoms with van der Waals surface area (Å²) in [5, 5.41) is 8.34. The van der Waals surface area contributed by atoms with Gasteiger partial charge in [0.1, 0.15) is 6.73 Å². The van der Waals surface area contributed by atoms with Crippen LogP contribution in [0.4, 0.5) is 0 Å². The van der Waals surface area contributed by atoms with Crippen LogP contribution in [0.2, 0.25) is 0 Å². The average molecular weight is 145 g/mol. The van der Waals surface area contributed by atoms with Gasteiger partial charge in [0.25, 0.3) is 0 Å². The normalized spacial score (nSPS) is 11.3. The molecule has 0 aromatic heterocycles. The second-order valence-electron chi connectivity index (χ2n) is 1.67. The molecule has 3 N–H and O–H groups in total. The summed E-state index contributed by atoms with van der Waals surface area (Å²) >= 11 is 0. The number of carbonyl (C=O) groups excluding carboxylic acids is 1. The molecule has 0 atom stereocenters. The molecule has 0 unspecified atom stereocenters. The van der Waals surface area contributed by atoms with Crippen molar-refractivity contribution in [1.29, 1.82) is 0 Å². The molecule has 0 fully saturated rings. The molecule has 0 aromatic rings. The summed E-state index contributed by atoms with van der Waals surface area (Å²) in [7, 11) is 0. The Morgan fingerprint density at radius 3 is 2.80 bits per heavy atom. The van der Waals surface area contributed by atoms with E-state index in [1.165, 1.54) is 6.08 Å². The Morgan fingerprint density at radius 1 is 1.80 bits per heavy atom. The predicted molar refractivity (Wildman–Crippen MR) is 36.0 cm³/mol. The molecule has 0 aliphatic carbocycles. The van der Waals surface area contributed by atoms with Gasteiger partial charge < -0.3 is 9.84 Å². The number of aliphatic hydroxyl groups excluding tert-OH is 1. The molecular weight excluding hydrogens is 134 g/mol. The zero-order valence-electron chi connectivity index (χ0n) is 5.83. The van der Waals surface area contributed by atoms with Gasteiger partial charge in [-0.1, -0.05) is 0 Å². The number of aliphatic hydroxyl groups is 1. The fraction of sp³-hybridized carbons (Fsp3) is 0.500. The van der Waals surface area contributed by atoms with Crippen molar-refractivity contribution in [3.05, 3.63) is 11.6 Å². The summed E-state index contributed by atoms with van der Waals surface area (Å²) in [5.74, 6) is -0.489. The third-order valence-corrected chi connectivity index (χ3v) is 0.934. The summed E-state index contributed by atoms with van der Waals surface area (Å²) in [6, 6.07) is 0. The van der Waals surface area contributed by atoms with Crippen LogP contribution in [0.5, 0.6) is 0 Å². The summed E-state index contributed by atoms with van der Waals surface area (Å²) in [6.07, 6.45) is 1.36. The first kappa shape index (κ1) is 9.13. The third kappa shape index (κ3) is 3.21. The molecule has 0 aromatic carbocycles. The van der Waals surface area contributed by atoms with Gasteiger partial charge in [0.2, 0.25) is 0 Å². The van der Waals surface area contributed by atoms with Crippen molar-refractivity contribution in [3.63, 3.8) is 0 Å². The molecule has 4 heteroatoms. The van der Waals surface area contributed by atoms with Crippen molar-refractivity contribution in [2.24, 2.45) is 5.73 Å². The smallest absolute Gasteiger partial charge is 0.334 e. The van der Waals surface area contributed by atoms with Crippen LogP contribution in [-0.4, -0.2) is 24.4 Å². The molecule has 0 saturated heterocycles. The van der Waals surface area contributed by atoms with Gasteiger partial charge in [-0.25, -0.2) is 4.79 Å². The number of esters is 1. The highest BCUT2D eigenvalue weighted by Gasteiger charge is 2.01. The third-order valence-electron chi connectivity index (χ3n) is 0.934. The van der Waals surface area contributed by atoms with E-state index >= 15 is 0 Å². The van der Waals surface area contributed by atoms with Crippen LogP contribution in [0.25, 0.3) is 0 Å². The summed E-state index contributed by atoms with van der Waals surface area (Å²) in [6.45, 7) is 1.26. The van der Waals surface area contributed by atoms with Crippen molar-refractivity contribution in [3.8, 4) is 0 Å². The first-order chi connectivity index (χ1) is 4.72. The quantitative estimate of drug-likeness (QED) is 0.315. The number of ether oxygens (including phenoxy) is 1. The van der Waals surface area contributed by atoms with E-state index in [4.69, 9.17) is 10.8 Å². The van der Waals surface area contributed by atoms with Gasteiger partial charge in [0, 0.05) is 5.57 Å². The van der Waals surface area contributed by atoms with E-state index in [1.807, 2.05) is 0 Å². The van der Waals surface area contributed by atoms with Crippen LogP contribution in [0, 0.1) is 0 Å². The molecule has 0 spiro atoms. The Morgan fingerprint density at radius 2 is 2.40 bits per heavy atom. The van der Waals surface area contributed by atoms with Crippen LogP contribution in [0.15, 0.2) is 11.6 Å². The molecule has 0 radical (unpaired) electrons. The van der Waals surface area contributed by atoms with E-state index in [2.05, 4.69) is 4.74 Å². The lowest BCUT2D eigenvalue weighted by atomic mass is 10.3. The minimum Gasteiger partial charge on any atom is -0.447 e. The van der Waals surface area contributed by atoms with Crippen LogP contribution in [-0.2, 0) is 9.53 Å². The highest BCUT2D eigenvalue weighted by atomic mass is 16.5. The molecular formula is C6H11NO3. The highest BCUT2D eigenvalue weighted by molar-refractivity contribution is 5.87. The second-order valence-corrected chi connectivity index (χ2v) is 1.67. The van der Waals surface area contributed by atoms with Gasteiger partial charge in [-0.3, -0.25) is 5.73 Å². The van der Waals surface area contributed by atoms with Crippen molar-refractivity contribution in [2.45, 2.75) is 6.92 Å². The zero-order valence-corrected chi connectivity index (χ0v) is 5.83. The van der Waals surface area contributed by atoms with Crippen LogP contribution in [0.1, 0.15) is 6.92 Å². The maximum absolute atomic E-state index is 10.7. The largest absolute Gasteiger partial charge is 0.447 e. The zero-order chi connectivity index (χ0) is 7.98. The topological polar surface area (TPSA) is 72.5 Å². The minimum absolute atomic E-state index is 0.130. The molecule has 0 amide bonds. The standard InChI is InChI=1S/C6H11NO3/c1-5(2-3-8)6(9)10-4-7/h2,8H,3-4,7H2,1H3/b5-2+. The highest BCUT2D eigenvalue weighted by Crippen LogP contribution is 1.93. The Bertz CT molecular complexity index is 142. The van der Waals surface area contributed by atoms with Gasteiger partial charge in [0.15, 0.2) is 0 Å². The van der Waals surface area contributed by atoms with E-state index in [-0.39, 0.29) is 13.3 Å². The van der Waals surface area contributed by atoms with Gasteiger partial charge in [-0.2, -0.15) is 0 Å². The molecule has 0 aliphatic heterocycles. The lowest BCUT2D eigenvalue weighted by Gasteiger charge is -1.99. The van der Waals surface area contributed by atoms with Gasteiger partial charge >= 0.3 is 5.97 Å². The van der Waals surface area contributed by atoms with Crippen LogP contribution >= 0.6 is 0 Å². The fourth-order valence-corrected chi connectivity index (χ4v) is 0.410. The van der Waals surface area contributed by atoms with Crippen molar-refractivity contribution in [1.82, 2.24) is 0 Å².